The molecule has 0 saturated heterocycles. The molecular weight excluding hydrogens is 404 g/mol. The fraction of sp³-hybridized carbons (Fsp3) is 0. The number of fused-ring (bicyclic) bond motifs is 5. The summed E-state index contributed by atoms with van der Waals surface area (Å²) in [5.41, 5.74) is -0.999. The molecule has 6 aromatic carbocycles. The summed E-state index contributed by atoms with van der Waals surface area (Å²) in [6.07, 6.45) is 0. The van der Waals surface area contributed by atoms with Crippen molar-refractivity contribution in [3.8, 4) is 0 Å². The summed E-state index contributed by atoms with van der Waals surface area (Å²) in [5.74, 6) is 0. The Labute approximate surface area is 180 Å². The lowest BCUT2D eigenvalue weighted by molar-refractivity contribution is -0.422. The summed E-state index contributed by atoms with van der Waals surface area (Å²) in [5, 5.41) is 32.5. The van der Waals surface area contributed by atoms with Gasteiger partial charge in [-0.05, 0) is 102 Å². The predicted molar refractivity (Wildman–Crippen MR) is 127 cm³/mol. The van der Waals surface area contributed by atoms with E-state index < -0.39 is 21.2 Å². The molecule has 0 heterocycles. The van der Waals surface area contributed by atoms with E-state index >= 15 is 0 Å². The third-order valence-corrected chi connectivity index (χ3v) is 6.06. The first kappa shape index (κ1) is 18.2. The third kappa shape index (κ3) is 2.74. The van der Waals surface area contributed by atoms with Gasteiger partial charge in [-0.15, -0.1) is 0 Å². The van der Waals surface area contributed by atoms with Gasteiger partial charge in [0.25, 0.3) is 0 Å². The quantitative estimate of drug-likeness (QED) is 0.168. The standard InChI is InChI=1S/C26H14N2O4/c29-27(30)25-13-23-11-21-9-19-7-17-5-15-3-1-2-4-16(15)6-18(17)8-20(19)10-22(21)12-24(23)14-26(25)28(31)32/h1-14H. The van der Waals surface area contributed by atoms with Crippen LogP contribution in [0.2, 0.25) is 0 Å². The van der Waals surface area contributed by atoms with Crippen molar-refractivity contribution in [2.75, 3.05) is 0 Å². The molecule has 0 bridgehead atoms. The van der Waals surface area contributed by atoms with Crippen molar-refractivity contribution in [3.05, 3.63) is 105 Å². The van der Waals surface area contributed by atoms with Gasteiger partial charge in [-0.1, -0.05) is 24.3 Å². The van der Waals surface area contributed by atoms with Crippen LogP contribution < -0.4 is 0 Å². The molecule has 0 N–H and O–H groups in total. The minimum absolute atomic E-state index is 0.500. The number of nitro benzene ring substituents is 2. The first-order valence-corrected chi connectivity index (χ1v) is 10.0. The monoisotopic (exact) mass is 418 g/mol. The van der Waals surface area contributed by atoms with Crippen LogP contribution in [0.15, 0.2) is 84.9 Å². The predicted octanol–water partition coefficient (Wildman–Crippen LogP) is 7.27. The Morgan fingerprint density at radius 3 is 0.938 bits per heavy atom. The Kier molecular flexibility index (Phi) is 3.67. The Balaban J connectivity index is 1.64. The van der Waals surface area contributed by atoms with Gasteiger partial charge in [-0.25, -0.2) is 0 Å². The molecule has 0 spiro atoms. The Morgan fingerprint density at radius 1 is 0.406 bits per heavy atom. The minimum Gasteiger partial charge on any atom is -0.258 e. The third-order valence-electron chi connectivity index (χ3n) is 6.06. The lowest BCUT2D eigenvalue weighted by Gasteiger charge is -2.08. The maximum absolute atomic E-state index is 11.3. The van der Waals surface area contributed by atoms with E-state index in [-0.39, 0.29) is 0 Å². The molecule has 0 aliphatic heterocycles. The largest absolute Gasteiger partial charge is 0.346 e. The van der Waals surface area contributed by atoms with E-state index in [0.29, 0.717) is 10.8 Å². The molecule has 0 amide bonds. The van der Waals surface area contributed by atoms with E-state index in [0.717, 1.165) is 32.3 Å². The lowest BCUT2D eigenvalue weighted by atomic mass is 9.96. The molecule has 6 nitrogen and oxygen atoms in total. The van der Waals surface area contributed by atoms with Gasteiger partial charge in [0.2, 0.25) is 0 Å². The van der Waals surface area contributed by atoms with Crippen molar-refractivity contribution in [2.45, 2.75) is 0 Å². The van der Waals surface area contributed by atoms with Gasteiger partial charge in [0.1, 0.15) is 0 Å². The molecule has 6 heteroatoms. The Morgan fingerprint density at radius 2 is 0.656 bits per heavy atom. The van der Waals surface area contributed by atoms with Crippen LogP contribution in [0.25, 0.3) is 53.9 Å². The summed E-state index contributed by atoms with van der Waals surface area (Å²) in [6, 6.07) is 27.3. The van der Waals surface area contributed by atoms with Crippen molar-refractivity contribution in [2.24, 2.45) is 0 Å². The smallest absolute Gasteiger partial charge is 0.258 e. The molecule has 6 aromatic rings. The molecular formula is C26H14N2O4. The van der Waals surface area contributed by atoms with E-state index in [2.05, 4.69) is 48.5 Å². The number of hydrogen-bond acceptors (Lipinski definition) is 4. The first-order valence-electron chi connectivity index (χ1n) is 10.0. The molecule has 0 aromatic heterocycles. The maximum atomic E-state index is 11.3. The summed E-state index contributed by atoms with van der Waals surface area (Å²) >= 11 is 0. The maximum Gasteiger partial charge on any atom is 0.346 e. The summed E-state index contributed by atoms with van der Waals surface area (Å²) in [4.78, 5) is 21.2. The molecule has 0 aliphatic rings. The number of rotatable bonds is 2. The fourth-order valence-corrected chi connectivity index (χ4v) is 4.52. The van der Waals surface area contributed by atoms with E-state index in [4.69, 9.17) is 0 Å². The van der Waals surface area contributed by atoms with Crippen LogP contribution in [0.5, 0.6) is 0 Å². The molecule has 0 saturated carbocycles. The van der Waals surface area contributed by atoms with Crippen LogP contribution in [-0.2, 0) is 0 Å². The molecule has 0 radical (unpaired) electrons. The van der Waals surface area contributed by atoms with E-state index in [9.17, 15) is 20.2 Å². The van der Waals surface area contributed by atoms with Crippen LogP contribution >= 0.6 is 0 Å². The summed E-state index contributed by atoms with van der Waals surface area (Å²) < 4.78 is 0. The van der Waals surface area contributed by atoms with Gasteiger partial charge in [0.05, 0.1) is 9.85 Å². The van der Waals surface area contributed by atoms with Crippen LogP contribution in [0.3, 0.4) is 0 Å². The van der Waals surface area contributed by atoms with Gasteiger partial charge in [-0.2, -0.15) is 0 Å². The molecule has 32 heavy (non-hydrogen) atoms. The highest BCUT2D eigenvalue weighted by atomic mass is 16.6. The highest BCUT2D eigenvalue weighted by Crippen LogP contribution is 2.36. The fourth-order valence-electron chi connectivity index (χ4n) is 4.52. The second-order valence-corrected chi connectivity index (χ2v) is 8.00. The molecule has 0 aliphatic carbocycles. The van der Waals surface area contributed by atoms with Crippen molar-refractivity contribution < 1.29 is 9.85 Å². The first-order chi connectivity index (χ1) is 15.5. The van der Waals surface area contributed by atoms with Crippen LogP contribution in [0.1, 0.15) is 0 Å². The zero-order valence-corrected chi connectivity index (χ0v) is 16.6. The minimum atomic E-state index is -0.710. The van der Waals surface area contributed by atoms with Crippen molar-refractivity contribution in [3.63, 3.8) is 0 Å². The van der Waals surface area contributed by atoms with Gasteiger partial charge >= 0.3 is 11.4 Å². The second-order valence-electron chi connectivity index (χ2n) is 8.00. The van der Waals surface area contributed by atoms with E-state index in [1.165, 1.54) is 22.9 Å². The van der Waals surface area contributed by atoms with Crippen LogP contribution in [0, 0.1) is 20.2 Å². The van der Waals surface area contributed by atoms with Crippen molar-refractivity contribution >= 4 is 65.2 Å². The number of hydrogen-bond donors (Lipinski definition) is 0. The van der Waals surface area contributed by atoms with Gasteiger partial charge in [0.15, 0.2) is 0 Å². The number of nitrogens with zero attached hydrogens (tertiary/aromatic N) is 2. The van der Waals surface area contributed by atoms with Gasteiger partial charge in [-0.3, -0.25) is 20.2 Å². The second kappa shape index (κ2) is 6.46. The Hall–Kier alpha value is -4.58. The molecule has 152 valence electrons. The zero-order chi connectivity index (χ0) is 22.0. The van der Waals surface area contributed by atoms with E-state index in [1.807, 2.05) is 24.3 Å². The highest BCUT2D eigenvalue weighted by Gasteiger charge is 2.24. The summed E-state index contributed by atoms with van der Waals surface area (Å²) in [6.45, 7) is 0. The highest BCUT2D eigenvalue weighted by molar-refractivity contribution is 6.10. The van der Waals surface area contributed by atoms with Gasteiger partial charge in [0, 0.05) is 12.1 Å². The SMILES string of the molecule is O=[N+]([O-])c1cc2cc3cc4cc5cc6ccccc6cc5cc4cc3cc2cc1[N+](=O)[O-]. The van der Waals surface area contributed by atoms with Gasteiger partial charge < -0.3 is 0 Å². The average Bonchev–Trinajstić information content (AvgIpc) is 2.77. The van der Waals surface area contributed by atoms with Crippen LogP contribution in [0.4, 0.5) is 11.4 Å². The molecule has 0 atom stereocenters. The topological polar surface area (TPSA) is 86.3 Å². The average molecular weight is 418 g/mol. The Bertz CT molecular complexity index is 1660. The van der Waals surface area contributed by atoms with E-state index in [1.54, 1.807) is 0 Å². The van der Waals surface area contributed by atoms with Crippen LogP contribution in [-0.4, -0.2) is 9.85 Å². The molecule has 6 rings (SSSR count). The molecule has 0 unspecified atom stereocenters. The number of benzene rings is 6. The normalized spacial score (nSPS) is 11.6. The molecule has 0 fully saturated rings. The van der Waals surface area contributed by atoms with Crippen molar-refractivity contribution in [1.29, 1.82) is 0 Å². The van der Waals surface area contributed by atoms with Crippen molar-refractivity contribution in [1.82, 2.24) is 0 Å². The number of nitro groups is 2. The lowest BCUT2D eigenvalue weighted by Crippen LogP contribution is -1.96. The zero-order valence-electron chi connectivity index (χ0n) is 16.6. The summed E-state index contributed by atoms with van der Waals surface area (Å²) in [7, 11) is 0.